The summed E-state index contributed by atoms with van der Waals surface area (Å²) in [4.78, 5) is 43.4. The molecular formula is C33H40Cl2FN7O5. The van der Waals surface area contributed by atoms with Crippen LogP contribution in [0.4, 0.5) is 19.9 Å². The van der Waals surface area contributed by atoms with Gasteiger partial charge >= 0.3 is 12.2 Å². The first-order valence-electron chi connectivity index (χ1n) is 15.7. The molecule has 0 radical (unpaired) electrons. The first-order valence-corrected chi connectivity index (χ1v) is 16.5. The second-order valence-electron chi connectivity index (χ2n) is 12.9. The number of nitrogens with zero attached hydrogens (tertiary/aromatic N) is 6. The second-order valence-corrected chi connectivity index (χ2v) is 13.8. The average molecular weight is 705 g/mol. The molecule has 0 saturated carbocycles. The van der Waals surface area contributed by atoms with E-state index in [1.165, 1.54) is 7.11 Å². The van der Waals surface area contributed by atoms with Gasteiger partial charge in [0.1, 0.15) is 11.3 Å². The molecule has 0 aliphatic carbocycles. The molecule has 1 aromatic carbocycles. The maximum atomic E-state index is 15.3. The number of hydrogen-bond acceptors (Lipinski definition) is 10. The predicted octanol–water partition coefficient (Wildman–Crippen LogP) is 6.35. The fourth-order valence-corrected chi connectivity index (χ4v) is 5.99. The number of methoxy groups -OCH3 is 1. The summed E-state index contributed by atoms with van der Waals surface area (Å²) >= 11 is 12.6. The molecule has 2 aromatic heterocycles. The molecule has 1 N–H and O–H groups in total. The van der Waals surface area contributed by atoms with Crippen molar-refractivity contribution in [2.45, 2.75) is 51.4 Å². The maximum absolute atomic E-state index is 15.3. The summed E-state index contributed by atoms with van der Waals surface area (Å²) in [5.74, 6) is 1.24. The lowest BCUT2D eigenvalue weighted by molar-refractivity contribution is 0.0240. The van der Waals surface area contributed by atoms with Crippen LogP contribution >= 0.6 is 23.2 Å². The number of carbonyl (C=O) groups excluding carboxylic acids is 2. The van der Waals surface area contributed by atoms with Gasteiger partial charge in [-0.25, -0.2) is 28.9 Å². The van der Waals surface area contributed by atoms with Crippen molar-refractivity contribution in [3.63, 3.8) is 0 Å². The standard InChI is InChI=1S/C33H40Cl2FN7O5/c1-32(2,3)48-31(45)43-11-9-42(10-12-43)29-37-18-26(19-38-29)47-28-14-22(13-27(40-28)23-15-24(34)17-25(35)16-23)20-41-7-5-33(36,6-8-41)21-39-30(44)46-4/h13-19H,5-12,20-21H2,1-4H3,(H,39,44). The number of halogens is 3. The smallest absolute Gasteiger partial charge is 0.410 e. The number of rotatable bonds is 8. The molecule has 2 fully saturated rings. The fraction of sp³-hybridized carbons (Fsp3) is 0.485. The van der Waals surface area contributed by atoms with Crippen LogP contribution in [0.5, 0.6) is 11.6 Å². The normalized spacial score (nSPS) is 16.7. The molecule has 2 saturated heterocycles. The Hall–Kier alpha value is -3.94. The number of pyridine rings is 1. The van der Waals surface area contributed by atoms with E-state index in [-0.39, 0.29) is 25.5 Å². The molecular weight excluding hydrogens is 664 g/mol. The minimum atomic E-state index is -1.50. The van der Waals surface area contributed by atoms with E-state index in [4.69, 9.17) is 37.7 Å². The number of anilines is 1. The molecule has 5 rings (SSSR count). The van der Waals surface area contributed by atoms with Crippen molar-refractivity contribution >= 4 is 41.3 Å². The third kappa shape index (κ3) is 9.80. The van der Waals surface area contributed by atoms with Gasteiger partial charge < -0.3 is 29.3 Å². The number of aromatic nitrogens is 3. The molecule has 0 unspecified atom stereocenters. The van der Waals surface area contributed by atoms with E-state index in [2.05, 4.69) is 24.9 Å². The number of piperazine rings is 1. The zero-order valence-corrected chi connectivity index (χ0v) is 29.0. The molecule has 258 valence electrons. The zero-order chi connectivity index (χ0) is 34.5. The molecule has 48 heavy (non-hydrogen) atoms. The second kappa shape index (κ2) is 15.1. The van der Waals surface area contributed by atoms with Gasteiger partial charge in [-0.1, -0.05) is 23.2 Å². The van der Waals surface area contributed by atoms with Gasteiger partial charge in [-0.05, 0) is 63.4 Å². The summed E-state index contributed by atoms with van der Waals surface area (Å²) in [7, 11) is 1.25. The highest BCUT2D eigenvalue weighted by molar-refractivity contribution is 6.35. The third-order valence-electron chi connectivity index (χ3n) is 7.96. The van der Waals surface area contributed by atoms with Crippen LogP contribution in [0.25, 0.3) is 11.3 Å². The number of alkyl halides is 1. The number of nitrogens with one attached hydrogen (secondary N) is 1. The van der Waals surface area contributed by atoms with E-state index in [0.717, 1.165) is 5.56 Å². The van der Waals surface area contributed by atoms with Gasteiger partial charge in [-0.15, -0.1) is 0 Å². The molecule has 3 aromatic rings. The van der Waals surface area contributed by atoms with Crippen molar-refractivity contribution in [2.24, 2.45) is 0 Å². The summed E-state index contributed by atoms with van der Waals surface area (Å²) in [5, 5.41) is 3.42. The van der Waals surface area contributed by atoms with E-state index in [0.29, 0.717) is 84.7 Å². The number of likely N-dealkylation sites (tertiary alicyclic amines) is 1. The lowest BCUT2D eigenvalue weighted by Gasteiger charge is -2.36. The molecule has 2 aliphatic rings. The van der Waals surface area contributed by atoms with Gasteiger partial charge in [-0.2, -0.15) is 0 Å². The highest BCUT2D eigenvalue weighted by Crippen LogP contribution is 2.32. The summed E-state index contributed by atoms with van der Waals surface area (Å²) in [6.07, 6.45) is 2.72. The van der Waals surface area contributed by atoms with Gasteiger partial charge in [0.25, 0.3) is 0 Å². The largest absolute Gasteiger partial charge is 0.453 e. The van der Waals surface area contributed by atoms with Gasteiger partial charge in [0.15, 0.2) is 5.75 Å². The van der Waals surface area contributed by atoms with Crippen molar-refractivity contribution in [2.75, 3.05) is 57.8 Å². The zero-order valence-electron chi connectivity index (χ0n) is 27.5. The number of amides is 2. The number of carbonyl (C=O) groups is 2. The molecule has 0 atom stereocenters. The SMILES string of the molecule is COC(=O)NCC1(F)CCN(Cc2cc(Oc3cnc(N4CCN(C(=O)OC(C)(C)C)CC4)nc3)nc(-c3cc(Cl)cc(Cl)c3)c2)CC1. The number of benzene rings is 1. The van der Waals surface area contributed by atoms with E-state index in [1.807, 2.05) is 37.8 Å². The highest BCUT2D eigenvalue weighted by atomic mass is 35.5. The molecule has 12 nitrogen and oxygen atoms in total. The Morgan fingerprint density at radius 2 is 1.60 bits per heavy atom. The Balaban J connectivity index is 1.27. The Morgan fingerprint density at radius 3 is 2.21 bits per heavy atom. The lowest BCUT2D eigenvalue weighted by atomic mass is 9.93. The summed E-state index contributed by atoms with van der Waals surface area (Å²) in [6, 6.07) is 8.96. The highest BCUT2D eigenvalue weighted by Gasteiger charge is 2.35. The third-order valence-corrected chi connectivity index (χ3v) is 8.40. The van der Waals surface area contributed by atoms with Crippen LogP contribution in [0.2, 0.25) is 10.0 Å². The number of hydrogen-bond donors (Lipinski definition) is 1. The van der Waals surface area contributed by atoms with Crippen LogP contribution in [0, 0.1) is 0 Å². The Bertz CT molecular complexity index is 1570. The Kier molecular flexibility index (Phi) is 11.1. The predicted molar refractivity (Wildman–Crippen MR) is 181 cm³/mol. The first-order chi connectivity index (χ1) is 22.8. The topological polar surface area (TPSA) is 122 Å². The molecule has 4 heterocycles. The minimum absolute atomic E-state index is 0.0937. The summed E-state index contributed by atoms with van der Waals surface area (Å²) in [6.45, 7) is 9.09. The van der Waals surface area contributed by atoms with Crippen molar-refractivity contribution in [3.05, 3.63) is 58.3 Å². The lowest BCUT2D eigenvalue weighted by Crippen LogP contribution is -2.50. The maximum Gasteiger partial charge on any atom is 0.410 e. The summed E-state index contributed by atoms with van der Waals surface area (Å²) in [5.41, 5.74) is 0.159. The van der Waals surface area contributed by atoms with Crippen LogP contribution in [0.15, 0.2) is 42.7 Å². The van der Waals surface area contributed by atoms with Crippen LogP contribution in [0.1, 0.15) is 39.2 Å². The Morgan fingerprint density at radius 1 is 0.958 bits per heavy atom. The van der Waals surface area contributed by atoms with Crippen molar-refractivity contribution in [1.29, 1.82) is 0 Å². The van der Waals surface area contributed by atoms with Gasteiger partial charge in [0.2, 0.25) is 11.8 Å². The monoisotopic (exact) mass is 703 g/mol. The van der Waals surface area contributed by atoms with Crippen molar-refractivity contribution < 1.29 is 28.2 Å². The number of piperidine rings is 1. The Labute approximate surface area is 289 Å². The van der Waals surface area contributed by atoms with E-state index >= 15 is 4.39 Å². The van der Waals surface area contributed by atoms with Gasteiger partial charge in [0, 0.05) is 67.5 Å². The van der Waals surface area contributed by atoms with Crippen LogP contribution in [-0.2, 0) is 16.0 Å². The molecule has 15 heteroatoms. The van der Waals surface area contributed by atoms with Gasteiger partial charge in [-0.3, -0.25) is 4.90 Å². The quantitative estimate of drug-likeness (QED) is 0.284. The number of alkyl carbamates (subject to hydrolysis) is 1. The molecule has 2 aliphatic heterocycles. The molecule has 0 spiro atoms. The van der Waals surface area contributed by atoms with Crippen molar-refractivity contribution in [3.8, 4) is 22.9 Å². The first kappa shape index (κ1) is 35.4. The summed E-state index contributed by atoms with van der Waals surface area (Å²) < 4.78 is 31.5. The molecule has 2 amide bonds. The van der Waals surface area contributed by atoms with Crippen LogP contribution in [0.3, 0.4) is 0 Å². The van der Waals surface area contributed by atoms with Crippen LogP contribution in [-0.4, -0.2) is 101 Å². The molecule has 0 bridgehead atoms. The minimum Gasteiger partial charge on any atom is -0.453 e. The fourth-order valence-electron chi connectivity index (χ4n) is 5.46. The van der Waals surface area contributed by atoms with Crippen LogP contribution < -0.4 is 15.0 Å². The average Bonchev–Trinajstić information content (AvgIpc) is 3.04. The number of ether oxygens (including phenoxy) is 3. The van der Waals surface area contributed by atoms with Gasteiger partial charge in [0.05, 0.1) is 31.7 Å². The van der Waals surface area contributed by atoms with E-state index in [9.17, 15) is 9.59 Å². The van der Waals surface area contributed by atoms with Crippen molar-refractivity contribution in [1.82, 2.24) is 30.1 Å². The van der Waals surface area contributed by atoms with E-state index < -0.39 is 17.4 Å². The van der Waals surface area contributed by atoms with E-state index in [1.54, 1.807) is 35.5 Å².